The molecule has 1 N–H and O–H groups in total. The zero-order valence-electron chi connectivity index (χ0n) is 16.8. The second-order valence-electron chi connectivity index (χ2n) is 7.21. The topological polar surface area (TPSA) is 60.4 Å². The third-order valence-corrected chi connectivity index (χ3v) is 5.82. The zero-order valence-corrected chi connectivity index (χ0v) is 16.8. The number of ether oxygens (including phenoxy) is 4. The largest absolute Gasteiger partial charge is 0.504 e. The number of hydrogen-bond donors (Lipinski definition) is 1. The Morgan fingerprint density at radius 1 is 1.07 bits per heavy atom. The van der Waals surface area contributed by atoms with Crippen molar-refractivity contribution < 1.29 is 24.1 Å². The summed E-state index contributed by atoms with van der Waals surface area (Å²) in [6, 6.07) is 9.53. The number of phenolic OH excluding ortho intramolecular Hbond substituents is 1. The van der Waals surface area contributed by atoms with Crippen molar-refractivity contribution in [2.75, 3.05) is 27.0 Å². The molecule has 0 aliphatic carbocycles. The van der Waals surface area contributed by atoms with E-state index >= 15 is 0 Å². The fourth-order valence-corrected chi connectivity index (χ4v) is 4.37. The molecule has 2 aliphatic heterocycles. The molecule has 0 aromatic heterocycles. The minimum atomic E-state index is -0.113. The zero-order chi connectivity index (χ0) is 19.8. The summed E-state index contributed by atoms with van der Waals surface area (Å²) in [5, 5.41) is 10.9. The van der Waals surface area contributed by atoms with E-state index in [1.165, 1.54) is 0 Å². The predicted molar refractivity (Wildman–Crippen MR) is 106 cm³/mol. The van der Waals surface area contributed by atoms with E-state index in [2.05, 4.69) is 25.7 Å². The predicted octanol–water partition coefficient (Wildman–Crippen LogP) is 3.96. The van der Waals surface area contributed by atoms with Crippen molar-refractivity contribution in [1.29, 1.82) is 0 Å². The molecule has 2 aromatic carbocycles. The quantitative estimate of drug-likeness (QED) is 0.841. The number of fused-ring (bicyclic) bond motifs is 2. The second-order valence-corrected chi connectivity index (χ2v) is 7.21. The van der Waals surface area contributed by atoms with Crippen LogP contribution in [-0.4, -0.2) is 43.2 Å². The van der Waals surface area contributed by atoms with Crippen LogP contribution in [0.25, 0.3) is 0 Å². The number of nitrogens with zero attached hydrogens (tertiary/aromatic N) is 1. The summed E-state index contributed by atoms with van der Waals surface area (Å²) in [6.45, 7) is 8.40. The van der Waals surface area contributed by atoms with E-state index in [-0.39, 0.29) is 30.6 Å². The van der Waals surface area contributed by atoms with Gasteiger partial charge in [0.2, 0.25) is 6.79 Å². The van der Waals surface area contributed by atoms with Gasteiger partial charge in [-0.1, -0.05) is 32.9 Å². The van der Waals surface area contributed by atoms with Crippen LogP contribution in [0.3, 0.4) is 0 Å². The molecule has 3 atom stereocenters. The van der Waals surface area contributed by atoms with Crippen molar-refractivity contribution in [2.24, 2.45) is 5.92 Å². The standard InChI is InChI=1S/C22H27NO5/c1-5-23(6-2)22-13(3)20(14-8-7-9-16(25-4)21(14)24)15-10-18-19(27-12-26-18)11-17(15)28-22/h7-11,13,20,22,24H,5-6,12H2,1-4H3/t13-,20-,22+/m1/s1. The van der Waals surface area contributed by atoms with Crippen LogP contribution in [0.1, 0.15) is 37.8 Å². The maximum atomic E-state index is 10.9. The molecule has 0 fully saturated rings. The molecule has 150 valence electrons. The van der Waals surface area contributed by atoms with Crippen LogP contribution in [0.2, 0.25) is 0 Å². The molecule has 2 aromatic rings. The van der Waals surface area contributed by atoms with E-state index in [9.17, 15) is 5.11 Å². The molecule has 0 unspecified atom stereocenters. The van der Waals surface area contributed by atoms with Gasteiger partial charge < -0.3 is 24.1 Å². The van der Waals surface area contributed by atoms with Crippen molar-refractivity contribution in [3.8, 4) is 28.7 Å². The van der Waals surface area contributed by atoms with Gasteiger partial charge in [0.05, 0.1) is 7.11 Å². The normalized spacial score (nSPS) is 22.7. The highest BCUT2D eigenvalue weighted by Gasteiger charge is 2.41. The molecule has 6 heteroatoms. The van der Waals surface area contributed by atoms with E-state index in [0.717, 1.165) is 30.0 Å². The van der Waals surface area contributed by atoms with Gasteiger partial charge in [-0.05, 0) is 25.2 Å². The van der Waals surface area contributed by atoms with Crippen molar-refractivity contribution >= 4 is 0 Å². The van der Waals surface area contributed by atoms with Crippen LogP contribution in [0, 0.1) is 5.92 Å². The summed E-state index contributed by atoms with van der Waals surface area (Å²) in [6.07, 6.45) is -0.113. The number of methoxy groups -OCH3 is 1. The molecule has 2 heterocycles. The Morgan fingerprint density at radius 3 is 2.46 bits per heavy atom. The van der Waals surface area contributed by atoms with Gasteiger partial charge in [0, 0.05) is 29.0 Å². The summed E-state index contributed by atoms with van der Waals surface area (Å²) in [4.78, 5) is 2.29. The highest BCUT2D eigenvalue weighted by atomic mass is 16.7. The molecule has 0 radical (unpaired) electrons. The lowest BCUT2D eigenvalue weighted by atomic mass is 9.77. The lowest BCUT2D eigenvalue weighted by Gasteiger charge is -2.43. The monoisotopic (exact) mass is 385 g/mol. The van der Waals surface area contributed by atoms with Crippen molar-refractivity contribution in [3.05, 3.63) is 41.5 Å². The summed E-state index contributed by atoms with van der Waals surface area (Å²) < 4.78 is 22.9. The first kappa shape index (κ1) is 18.7. The van der Waals surface area contributed by atoms with E-state index in [1.54, 1.807) is 13.2 Å². The second kappa shape index (κ2) is 7.43. The van der Waals surface area contributed by atoms with Crippen LogP contribution >= 0.6 is 0 Å². The Morgan fingerprint density at radius 2 is 1.79 bits per heavy atom. The minimum Gasteiger partial charge on any atom is -0.504 e. The maximum Gasteiger partial charge on any atom is 0.231 e. The Kier molecular flexibility index (Phi) is 4.98. The number of hydrogen-bond acceptors (Lipinski definition) is 6. The maximum absolute atomic E-state index is 10.9. The van der Waals surface area contributed by atoms with Crippen molar-refractivity contribution in [3.63, 3.8) is 0 Å². The fourth-order valence-electron chi connectivity index (χ4n) is 4.37. The molecule has 2 aliphatic rings. The Balaban J connectivity index is 1.88. The SMILES string of the molecule is CCN(CC)[C@H]1Oc2cc3c(cc2[C@@H](c2cccc(OC)c2O)[C@H]1C)OCO3. The van der Waals surface area contributed by atoms with E-state index < -0.39 is 0 Å². The molecule has 0 bridgehead atoms. The van der Waals surface area contributed by atoms with Gasteiger partial charge in [-0.15, -0.1) is 0 Å². The molecule has 4 rings (SSSR count). The lowest BCUT2D eigenvalue weighted by Crippen LogP contribution is -2.48. The van der Waals surface area contributed by atoms with Crippen LogP contribution in [-0.2, 0) is 0 Å². The van der Waals surface area contributed by atoms with Crippen LogP contribution in [0.5, 0.6) is 28.7 Å². The van der Waals surface area contributed by atoms with Crippen LogP contribution < -0.4 is 18.9 Å². The van der Waals surface area contributed by atoms with E-state index in [4.69, 9.17) is 18.9 Å². The first-order valence-electron chi connectivity index (χ1n) is 9.79. The number of aromatic hydroxyl groups is 1. The lowest BCUT2D eigenvalue weighted by molar-refractivity contribution is -0.0259. The highest BCUT2D eigenvalue weighted by molar-refractivity contribution is 5.59. The number of benzene rings is 2. The smallest absolute Gasteiger partial charge is 0.231 e. The molecule has 0 saturated carbocycles. The molecule has 0 saturated heterocycles. The van der Waals surface area contributed by atoms with E-state index in [1.807, 2.05) is 24.3 Å². The van der Waals surface area contributed by atoms with Gasteiger partial charge in [0.1, 0.15) is 5.75 Å². The molecular formula is C22H27NO5. The average Bonchev–Trinajstić information content (AvgIpc) is 3.16. The molecule has 0 amide bonds. The summed E-state index contributed by atoms with van der Waals surface area (Å²) in [5.74, 6) is 2.85. The van der Waals surface area contributed by atoms with Gasteiger partial charge in [-0.2, -0.15) is 0 Å². The van der Waals surface area contributed by atoms with Crippen molar-refractivity contribution in [1.82, 2.24) is 4.90 Å². The summed E-state index contributed by atoms with van der Waals surface area (Å²) in [5.41, 5.74) is 1.82. The van der Waals surface area contributed by atoms with Crippen molar-refractivity contribution in [2.45, 2.75) is 32.9 Å². The molecule has 28 heavy (non-hydrogen) atoms. The third-order valence-electron chi connectivity index (χ3n) is 5.82. The molecule has 6 nitrogen and oxygen atoms in total. The summed E-state index contributed by atoms with van der Waals surface area (Å²) >= 11 is 0. The fraction of sp³-hybridized carbons (Fsp3) is 0.455. The first-order chi connectivity index (χ1) is 13.6. The first-order valence-corrected chi connectivity index (χ1v) is 9.79. The number of para-hydroxylation sites is 1. The third kappa shape index (κ3) is 2.92. The average molecular weight is 385 g/mol. The van der Waals surface area contributed by atoms with Gasteiger partial charge >= 0.3 is 0 Å². The number of rotatable bonds is 5. The Hall–Kier alpha value is -2.60. The molecular weight excluding hydrogens is 358 g/mol. The van der Waals surface area contributed by atoms with Gasteiger partial charge in [0.15, 0.2) is 29.2 Å². The van der Waals surface area contributed by atoms with Crippen LogP contribution in [0.4, 0.5) is 0 Å². The van der Waals surface area contributed by atoms with Crippen LogP contribution in [0.15, 0.2) is 30.3 Å². The Bertz CT molecular complexity index is 864. The number of phenols is 1. The molecule has 0 spiro atoms. The van der Waals surface area contributed by atoms with Gasteiger partial charge in [-0.3, -0.25) is 4.90 Å². The minimum absolute atomic E-state index is 0.0704. The van der Waals surface area contributed by atoms with Gasteiger partial charge in [-0.25, -0.2) is 0 Å². The highest BCUT2D eigenvalue weighted by Crippen LogP contribution is 2.52. The van der Waals surface area contributed by atoms with E-state index in [0.29, 0.717) is 17.2 Å². The van der Waals surface area contributed by atoms with Gasteiger partial charge in [0.25, 0.3) is 0 Å². The Labute approximate surface area is 165 Å². The summed E-state index contributed by atoms with van der Waals surface area (Å²) in [7, 11) is 1.57.